The van der Waals surface area contributed by atoms with Crippen LogP contribution in [0.3, 0.4) is 0 Å². The normalized spacial score (nSPS) is 16.2. The van der Waals surface area contributed by atoms with Gasteiger partial charge in [0.1, 0.15) is 18.1 Å². The van der Waals surface area contributed by atoms with Crippen LogP contribution in [0.1, 0.15) is 38.3 Å². The van der Waals surface area contributed by atoms with Gasteiger partial charge in [0.2, 0.25) is 5.95 Å². The molecule has 1 aromatic heterocycles. The van der Waals surface area contributed by atoms with Crippen molar-refractivity contribution in [3.63, 3.8) is 0 Å². The van der Waals surface area contributed by atoms with Gasteiger partial charge in [0.15, 0.2) is 0 Å². The summed E-state index contributed by atoms with van der Waals surface area (Å²) in [6, 6.07) is 7.13. The van der Waals surface area contributed by atoms with E-state index in [1.165, 1.54) is 6.33 Å². The van der Waals surface area contributed by atoms with Crippen LogP contribution in [0.5, 0.6) is 5.75 Å². The summed E-state index contributed by atoms with van der Waals surface area (Å²) in [5, 5.41) is 7.42. The van der Waals surface area contributed by atoms with Gasteiger partial charge in [0.25, 0.3) is 0 Å². The van der Waals surface area contributed by atoms with Crippen molar-refractivity contribution in [2.45, 2.75) is 32.7 Å². The molecule has 0 spiro atoms. The van der Waals surface area contributed by atoms with E-state index in [1.807, 2.05) is 31.2 Å². The average molecular weight is 342 g/mol. The molecular weight excluding hydrogens is 320 g/mol. The third kappa shape index (κ3) is 3.22. The summed E-state index contributed by atoms with van der Waals surface area (Å²) < 4.78 is 12.6. The van der Waals surface area contributed by atoms with Gasteiger partial charge >= 0.3 is 5.97 Å². The van der Waals surface area contributed by atoms with Crippen LogP contribution in [0.15, 0.2) is 41.9 Å². The molecule has 0 aliphatic carbocycles. The van der Waals surface area contributed by atoms with Crippen LogP contribution in [-0.4, -0.2) is 34.5 Å². The molecule has 1 atom stereocenters. The molecule has 2 aromatic rings. The maximum absolute atomic E-state index is 12.8. The monoisotopic (exact) mass is 342 g/mol. The molecular formula is C18H22N4O3. The molecule has 1 aromatic carbocycles. The number of anilines is 1. The highest BCUT2D eigenvalue weighted by Gasteiger charge is 2.35. The van der Waals surface area contributed by atoms with Gasteiger partial charge in [-0.3, -0.25) is 0 Å². The SMILES string of the molecule is CCCCOC(=O)C1=C(C)Nc2ncnn2C1c1ccccc1OC. The number of carbonyl (C=O) groups is 1. The number of fused-ring (bicyclic) bond motifs is 1. The van der Waals surface area contributed by atoms with E-state index in [4.69, 9.17) is 9.47 Å². The predicted molar refractivity (Wildman–Crippen MR) is 93.3 cm³/mol. The quantitative estimate of drug-likeness (QED) is 0.642. The summed E-state index contributed by atoms with van der Waals surface area (Å²) in [5.41, 5.74) is 2.05. The van der Waals surface area contributed by atoms with Crippen molar-refractivity contribution in [3.8, 4) is 5.75 Å². The van der Waals surface area contributed by atoms with Crippen LogP contribution in [0.4, 0.5) is 5.95 Å². The highest BCUT2D eigenvalue weighted by Crippen LogP contribution is 2.38. The number of aromatic nitrogens is 3. The number of esters is 1. The van der Waals surface area contributed by atoms with Crippen molar-refractivity contribution in [3.05, 3.63) is 47.4 Å². The van der Waals surface area contributed by atoms with Crippen LogP contribution in [0.25, 0.3) is 0 Å². The Kier molecular flexibility index (Phi) is 5.02. The smallest absolute Gasteiger partial charge is 0.338 e. The number of ether oxygens (including phenoxy) is 2. The number of unbranched alkanes of at least 4 members (excludes halogenated alkanes) is 1. The second kappa shape index (κ2) is 7.38. The number of hydrogen-bond acceptors (Lipinski definition) is 6. The summed E-state index contributed by atoms with van der Waals surface area (Å²) in [5.74, 6) is 0.913. The molecule has 2 heterocycles. The number of nitrogens with one attached hydrogen (secondary N) is 1. The lowest BCUT2D eigenvalue weighted by molar-refractivity contribution is -0.139. The molecule has 1 aliphatic heterocycles. The third-order valence-corrected chi connectivity index (χ3v) is 4.18. The fourth-order valence-corrected chi connectivity index (χ4v) is 2.92. The van der Waals surface area contributed by atoms with Crippen molar-refractivity contribution in [1.82, 2.24) is 14.8 Å². The van der Waals surface area contributed by atoms with Gasteiger partial charge < -0.3 is 14.8 Å². The first-order chi connectivity index (χ1) is 12.2. The van der Waals surface area contributed by atoms with Gasteiger partial charge in [-0.1, -0.05) is 31.5 Å². The van der Waals surface area contributed by atoms with Crippen LogP contribution in [-0.2, 0) is 9.53 Å². The topological polar surface area (TPSA) is 78.3 Å². The van der Waals surface area contributed by atoms with Crippen LogP contribution >= 0.6 is 0 Å². The lowest BCUT2D eigenvalue weighted by Gasteiger charge is -2.29. The zero-order valence-corrected chi connectivity index (χ0v) is 14.7. The van der Waals surface area contributed by atoms with Crippen molar-refractivity contribution in [2.75, 3.05) is 19.0 Å². The van der Waals surface area contributed by atoms with Crippen molar-refractivity contribution >= 4 is 11.9 Å². The molecule has 7 heteroatoms. The van der Waals surface area contributed by atoms with Gasteiger partial charge in [-0.05, 0) is 19.4 Å². The number of benzene rings is 1. The first-order valence-electron chi connectivity index (χ1n) is 8.34. The molecule has 0 fully saturated rings. The van der Waals surface area contributed by atoms with Gasteiger partial charge in [0.05, 0.1) is 19.3 Å². The summed E-state index contributed by atoms with van der Waals surface area (Å²) in [7, 11) is 1.61. The fraction of sp³-hybridized carbons (Fsp3) is 0.389. The van der Waals surface area contributed by atoms with Crippen molar-refractivity contribution < 1.29 is 14.3 Å². The Morgan fingerprint density at radius 3 is 2.92 bits per heavy atom. The highest BCUT2D eigenvalue weighted by atomic mass is 16.5. The minimum atomic E-state index is -0.455. The Labute approximate surface area is 146 Å². The molecule has 0 amide bonds. The first kappa shape index (κ1) is 17.0. The van der Waals surface area contributed by atoms with Crippen LogP contribution in [0.2, 0.25) is 0 Å². The van der Waals surface area contributed by atoms with Gasteiger partial charge in [-0.15, -0.1) is 0 Å². The minimum absolute atomic E-state index is 0.351. The van der Waals surface area contributed by atoms with Crippen LogP contribution < -0.4 is 10.1 Å². The van der Waals surface area contributed by atoms with Gasteiger partial charge in [-0.25, -0.2) is 9.48 Å². The Hall–Kier alpha value is -2.83. The second-order valence-electron chi connectivity index (χ2n) is 5.83. The average Bonchev–Trinajstić information content (AvgIpc) is 3.08. The molecule has 0 saturated heterocycles. The zero-order chi connectivity index (χ0) is 17.8. The number of para-hydroxylation sites is 1. The first-order valence-corrected chi connectivity index (χ1v) is 8.34. The molecule has 0 saturated carbocycles. The van der Waals surface area contributed by atoms with Crippen molar-refractivity contribution in [1.29, 1.82) is 0 Å². The van der Waals surface area contributed by atoms with Crippen LogP contribution in [0, 0.1) is 0 Å². The van der Waals surface area contributed by atoms with E-state index < -0.39 is 6.04 Å². The lowest BCUT2D eigenvalue weighted by Crippen LogP contribution is -2.30. The standard InChI is InChI=1S/C18H22N4O3/c1-4-5-10-25-17(23)15-12(2)21-18-19-11-20-22(18)16(15)13-8-6-7-9-14(13)24-3/h6-9,11,16H,4-5,10H2,1-3H3,(H,19,20,21). The number of rotatable bonds is 6. The third-order valence-electron chi connectivity index (χ3n) is 4.18. The van der Waals surface area contributed by atoms with E-state index in [2.05, 4.69) is 22.3 Å². The molecule has 1 N–H and O–H groups in total. The Morgan fingerprint density at radius 1 is 1.36 bits per heavy atom. The van der Waals surface area contributed by atoms with E-state index in [0.717, 1.165) is 18.4 Å². The van der Waals surface area contributed by atoms with E-state index in [1.54, 1.807) is 11.8 Å². The van der Waals surface area contributed by atoms with E-state index in [0.29, 0.717) is 29.6 Å². The maximum Gasteiger partial charge on any atom is 0.338 e. The molecule has 0 bridgehead atoms. The van der Waals surface area contributed by atoms with Gasteiger partial charge in [0, 0.05) is 11.3 Å². The minimum Gasteiger partial charge on any atom is -0.496 e. The van der Waals surface area contributed by atoms with Crippen molar-refractivity contribution in [2.24, 2.45) is 0 Å². The Bertz CT molecular complexity index is 797. The molecule has 1 aliphatic rings. The molecule has 0 radical (unpaired) electrons. The number of carbonyl (C=O) groups excluding carboxylic acids is 1. The van der Waals surface area contributed by atoms with E-state index in [9.17, 15) is 4.79 Å². The Balaban J connectivity index is 2.06. The molecule has 1 unspecified atom stereocenters. The Morgan fingerprint density at radius 2 is 2.16 bits per heavy atom. The fourth-order valence-electron chi connectivity index (χ4n) is 2.92. The summed E-state index contributed by atoms with van der Waals surface area (Å²) >= 11 is 0. The number of hydrogen-bond donors (Lipinski definition) is 1. The molecule has 3 rings (SSSR count). The number of allylic oxidation sites excluding steroid dienone is 1. The van der Waals surface area contributed by atoms with E-state index in [-0.39, 0.29) is 5.97 Å². The maximum atomic E-state index is 12.8. The zero-order valence-electron chi connectivity index (χ0n) is 14.7. The van der Waals surface area contributed by atoms with Gasteiger partial charge in [-0.2, -0.15) is 10.1 Å². The second-order valence-corrected chi connectivity index (χ2v) is 5.83. The summed E-state index contributed by atoms with van der Waals surface area (Å²) in [6.45, 7) is 4.30. The largest absolute Gasteiger partial charge is 0.496 e. The lowest BCUT2D eigenvalue weighted by atomic mass is 9.95. The highest BCUT2D eigenvalue weighted by molar-refractivity contribution is 5.92. The summed E-state index contributed by atoms with van der Waals surface area (Å²) in [4.78, 5) is 17.0. The predicted octanol–water partition coefficient (Wildman–Crippen LogP) is 2.92. The summed E-state index contributed by atoms with van der Waals surface area (Å²) in [6.07, 6.45) is 3.26. The number of nitrogens with zero attached hydrogens (tertiary/aromatic N) is 3. The molecule has 7 nitrogen and oxygen atoms in total. The number of methoxy groups -OCH3 is 1. The molecule has 25 heavy (non-hydrogen) atoms. The molecule has 132 valence electrons. The van der Waals surface area contributed by atoms with E-state index >= 15 is 0 Å².